The average molecular weight is 287 g/mol. The third kappa shape index (κ3) is 3.02. The fourth-order valence-electron chi connectivity index (χ4n) is 4.30. The van der Waals surface area contributed by atoms with Crippen LogP contribution in [0.4, 0.5) is 0 Å². The number of hydrogen-bond acceptors (Lipinski definition) is 2. The lowest BCUT2D eigenvalue weighted by atomic mass is 9.55. The molecular formula is C19H29NO. The van der Waals surface area contributed by atoms with E-state index in [0.29, 0.717) is 17.6 Å². The first-order valence-electron chi connectivity index (χ1n) is 8.65. The third-order valence-corrected chi connectivity index (χ3v) is 5.61. The van der Waals surface area contributed by atoms with E-state index in [4.69, 9.17) is 4.74 Å². The van der Waals surface area contributed by atoms with E-state index < -0.39 is 0 Å². The van der Waals surface area contributed by atoms with E-state index in [-0.39, 0.29) is 0 Å². The summed E-state index contributed by atoms with van der Waals surface area (Å²) < 4.78 is 6.03. The zero-order chi connectivity index (χ0) is 14.7. The second-order valence-corrected chi connectivity index (χ2v) is 6.89. The molecule has 0 aliphatic heterocycles. The molecule has 2 aliphatic rings. The summed E-state index contributed by atoms with van der Waals surface area (Å²) in [4.78, 5) is 0. The van der Waals surface area contributed by atoms with Crippen LogP contribution in [-0.4, -0.2) is 18.8 Å². The van der Waals surface area contributed by atoms with Gasteiger partial charge in [-0.05, 0) is 38.7 Å². The molecular weight excluding hydrogens is 258 g/mol. The van der Waals surface area contributed by atoms with Crippen molar-refractivity contribution in [2.24, 2.45) is 5.41 Å². The van der Waals surface area contributed by atoms with Gasteiger partial charge in [0.2, 0.25) is 0 Å². The molecule has 1 aromatic carbocycles. The normalized spacial score (nSPS) is 27.5. The van der Waals surface area contributed by atoms with Crippen molar-refractivity contribution in [1.82, 2.24) is 5.32 Å². The van der Waals surface area contributed by atoms with Crippen LogP contribution in [0, 0.1) is 12.3 Å². The number of ether oxygens (including phenoxy) is 1. The number of aryl methyl sites for hydroxylation is 1. The van der Waals surface area contributed by atoms with Gasteiger partial charge in [0.1, 0.15) is 0 Å². The van der Waals surface area contributed by atoms with E-state index in [9.17, 15) is 0 Å². The molecule has 116 valence electrons. The number of benzene rings is 1. The van der Waals surface area contributed by atoms with Gasteiger partial charge in [-0.2, -0.15) is 0 Å². The van der Waals surface area contributed by atoms with Gasteiger partial charge in [-0.15, -0.1) is 0 Å². The highest BCUT2D eigenvalue weighted by Crippen LogP contribution is 2.53. The number of nitrogens with one attached hydrogen (secondary N) is 1. The minimum Gasteiger partial charge on any atom is -0.378 e. The van der Waals surface area contributed by atoms with Gasteiger partial charge >= 0.3 is 0 Å². The molecule has 0 radical (unpaired) electrons. The second-order valence-electron chi connectivity index (χ2n) is 6.89. The summed E-state index contributed by atoms with van der Waals surface area (Å²) in [6, 6.07) is 9.55. The fraction of sp³-hybridized carbons (Fsp3) is 0.684. The first-order chi connectivity index (χ1) is 10.2. The molecule has 1 aromatic rings. The van der Waals surface area contributed by atoms with Crippen LogP contribution >= 0.6 is 0 Å². The van der Waals surface area contributed by atoms with Gasteiger partial charge < -0.3 is 10.1 Å². The van der Waals surface area contributed by atoms with E-state index in [1.807, 2.05) is 0 Å². The average Bonchev–Trinajstić information content (AvgIpc) is 2.52. The lowest BCUT2D eigenvalue weighted by Gasteiger charge is -2.58. The SMILES string of the molecule is CCOC1CC(NCc2ccc(C)cc2)C12CCCCC2. The minimum absolute atomic E-state index is 0.430. The van der Waals surface area contributed by atoms with Gasteiger partial charge in [-0.3, -0.25) is 0 Å². The van der Waals surface area contributed by atoms with Crippen molar-refractivity contribution in [3.8, 4) is 0 Å². The van der Waals surface area contributed by atoms with Crippen LogP contribution in [0.3, 0.4) is 0 Å². The molecule has 1 N–H and O–H groups in total. The monoisotopic (exact) mass is 287 g/mol. The Hall–Kier alpha value is -0.860. The zero-order valence-electron chi connectivity index (χ0n) is 13.5. The standard InChI is InChI=1S/C19H29NO/c1-3-21-18-13-17(19(18)11-5-4-6-12-19)20-14-16-9-7-15(2)8-10-16/h7-10,17-18,20H,3-6,11-14H2,1-2H3. The highest BCUT2D eigenvalue weighted by atomic mass is 16.5. The molecule has 21 heavy (non-hydrogen) atoms. The second kappa shape index (κ2) is 6.50. The Morgan fingerprint density at radius 2 is 1.86 bits per heavy atom. The van der Waals surface area contributed by atoms with Gasteiger partial charge in [0.25, 0.3) is 0 Å². The van der Waals surface area contributed by atoms with E-state index in [1.54, 1.807) is 0 Å². The molecule has 2 fully saturated rings. The highest BCUT2D eigenvalue weighted by Gasteiger charge is 2.55. The lowest BCUT2D eigenvalue weighted by Crippen LogP contribution is -2.64. The van der Waals surface area contributed by atoms with Crippen LogP contribution in [0.2, 0.25) is 0 Å². The summed E-state index contributed by atoms with van der Waals surface area (Å²) >= 11 is 0. The van der Waals surface area contributed by atoms with Crippen molar-refractivity contribution < 1.29 is 4.74 Å². The Labute approximate surface area is 129 Å². The maximum Gasteiger partial charge on any atom is 0.0661 e. The van der Waals surface area contributed by atoms with Crippen LogP contribution in [-0.2, 0) is 11.3 Å². The summed E-state index contributed by atoms with van der Waals surface area (Å²) in [6.45, 7) is 6.12. The molecule has 3 rings (SSSR count). The first-order valence-corrected chi connectivity index (χ1v) is 8.65. The predicted octanol–water partition coefficient (Wildman–Crippen LogP) is 4.21. The van der Waals surface area contributed by atoms with Crippen LogP contribution in [0.1, 0.15) is 56.6 Å². The van der Waals surface area contributed by atoms with Crippen LogP contribution in [0.5, 0.6) is 0 Å². The quantitative estimate of drug-likeness (QED) is 0.876. The molecule has 2 saturated carbocycles. The van der Waals surface area contributed by atoms with Crippen molar-refractivity contribution in [1.29, 1.82) is 0 Å². The molecule has 0 amide bonds. The Morgan fingerprint density at radius 1 is 1.14 bits per heavy atom. The summed E-state index contributed by atoms with van der Waals surface area (Å²) in [5.41, 5.74) is 3.16. The first kappa shape index (κ1) is 15.1. The Bertz CT molecular complexity index is 447. The highest BCUT2D eigenvalue weighted by molar-refractivity contribution is 5.21. The number of rotatable bonds is 5. The molecule has 2 aliphatic carbocycles. The molecule has 0 aromatic heterocycles. The Morgan fingerprint density at radius 3 is 2.52 bits per heavy atom. The van der Waals surface area contributed by atoms with Crippen molar-refractivity contribution in [3.63, 3.8) is 0 Å². The minimum atomic E-state index is 0.430. The largest absolute Gasteiger partial charge is 0.378 e. The molecule has 0 saturated heterocycles. The fourth-order valence-corrected chi connectivity index (χ4v) is 4.30. The van der Waals surface area contributed by atoms with Crippen molar-refractivity contribution in [2.75, 3.05) is 6.61 Å². The topological polar surface area (TPSA) is 21.3 Å². The van der Waals surface area contributed by atoms with Gasteiger partial charge in [-0.25, -0.2) is 0 Å². The van der Waals surface area contributed by atoms with E-state index in [0.717, 1.165) is 13.2 Å². The van der Waals surface area contributed by atoms with E-state index in [1.165, 1.54) is 49.7 Å². The van der Waals surface area contributed by atoms with Crippen LogP contribution in [0.15, 0.2) is 24.3 Å². The zero-order valence-corrected chi connectivity index (χ0v) is 13.5. The maximum absolute atomic E-state index is 6.03. The van der Waals surface area contributed by atoms with Gasteiger partial charge in [0.15, 0.2) is 0 Å². The predicted molar refractivity (Wildman–Crippen MR) is 87.4 cm³/mol. The van der Waals surface area contributed by atoms with Gasteiger partial charge in [0.05, 0.1) is 6.10 Å². The third-order valence-electron chi connectivity index (χ3n) is 5.61. The summed E-state index contributed by atoms with van der Waals surface area (Å²) in [7, 11) is 0. The van der Waals surface area contributed by atoms with Crippen molar-refractivity contribution >= 4 is 0 Å². The maximum atomic E-state index is 6.03. The summed E-state index contributed by atoms with van der Waals surface area (Å²) in [5.74, 6) is 0. The van der Waals surface area contributed by atoms with E-state index in [2.05, 4.69) is 43.4 Å². The molecule has 0 bridgehead atoms. The summed E-state index contributed by atoms with van der Waals surface area (Å²) in [5, 5.41) is 3.82. The van der Waals surface area contributed by atoms with Crippen molar-refractivity contribution in [2.45, 2.75) is 71.1 Å². The van der Waals surface area contributed by atoms with Gasteiger partial charge in [0, 0.05) is 24.6 Å². The van der Waals surface area contributed by atoms with Crippen LogP contribution < -0.4 is 5.32 Å². The summed E-state index contributed by atoms with van der Waals surface area (Å²) in [6.07, 6.45) is 8.56. The number of hydrogen-bond donors (Lipinski definition) is 1. The molecule has 2 heteroatoms. The Balaban J connectivity index is 1.60. The van der Waals surface area contributed by atoms with Crippen molar-refractivity contribution in [3.05, 3.63) is 35.4 Å². The molecule has 2 unspecified atom stereocenters. The van der Waals surface area contributed by atoms with Gasteiger partial charge in [-0.1, -0.05) is 49.1 Å². The molecule has 2 nitrogen and oxygen atoms in total. The smallest absolute Gasteiger partial charge is 0.0661 e. The molecule has 0 heterocycles. The lowest BCUT2D eigenvalue weighted by molar-refractivity contribution is -0.150. The molecule has 1 spiro atoms. The Kier molecular flexibility index (Phi) is 4.66. The molecule has 2 atom stereocenters. The van der Waals surface area contributed by atoms with E-state index >= 15 is 0 Å². The van der Waals surface area contributed by atoms with Crippen LogP contribution in [0.25, 0.3) is 0 Å².